The number of amides is 1. The van der Waals surface area contributed by atoms with Crippen LogP contribution in [0.15, 0.2) is 53.7 Å². The smallest absolute Gasteiger partial charge is 0.294 e. The van der Waals surface area contributed by atoms with Crippen molar-refractivity contribution in [3.05, 3.63) is 104 Å². The van der Waals surface area contributed by atoms with Gasteiger partial charge in [-0.25, -0.2) is 19.9 Å². The third-order valence-corrected chi connectivity index (χ3v) is 7.75. The molecular formula is C31H36N8O2. The van der Waals surface area contributed by atoms with Crippen LogP contribution in [-0.4, -0.2) is 37.0 Å². The van der Waals surface area contributed by atoms with Crippen LogP contribution < -0.4 is 21.9 Å². The molecule has 212 valence electrons. The molecule has 3 aromatic heterocycles. The van der Waals surface area contributed by atoms with Crippen LogP contribution in [0.1, 0.15) is 70.3 Å². The van der Waals surface area contributed by atoms with Gasteiger partial charge in [-0.05, 0) is 68.4 Å². The Balaban J connectivity index is 1.37. The molecule has 0 radical (unpaired) electrons. The van der Waals surface area contributed by atoms with Crippen LogP contribution in [0.3, 0.4) is 0 Å². The molecule has 10 nitrogen and oxygen atoms in total. The Labute approximate surface area is 239 Å². The normalized spacial score (nSPS) is 14.9. The van der Waals surface area contributed by atoms with Gasteiger partial charge in [0.2, 0.25) is 5.91 Å². The second-order valence-corrected chi connectivity index (χ2v) is 10.6. The number of hydrogen-bond donors (Lipinski definition) is 3. The number of benzene rings is 1. The van der Waals surface area contributed by atoms with E-state index in [4.69, 9.17) is 5.73 Å². The van der Waals surface area contributed by atoms with Gasteiger partial charge in [0.25, 0.3) is 5.56 Å². The quantitative estimate of drug-likeness (QED) is 0.286. The van der Waals surface area contributed by atoms with Crippen LogP contribution in [0.25, 0.3) is 0 Å². The minimum atomic E-state index is -0.608. The van der Waals surface area contributed by atoms with Crippen molar-refractivity contribution < 1.29 is 4.79 Å². The molecule has 5 rings (SSSR count). The summed E-state index contributed by atoms with van der Waals surface area (Å²) in [6.45, 7) is 8.74. The summed E-state index contributed by atoms with van der Waals surface area (Å²) in [6.07, 6.45) is 7.39. The van der Waals surface area contributed by atoms with Gasteiger partial charge in [-0.1, -0.05) is 36.8 Å². The molecule has 4 heterocycles. The third-order valence-electron chi connectivity index (χ3n) is 7.75. The minimum Gasteiger partial charge on any atom is -0.384 e. The highest BCUT2D eigenvalue weighted by Crippen LogP contribution is 2.27. The van der Waals surface area contributed by atoms with Gasteiger partial charge in [-0.15, -0.1) is 0 Å². The van der Waals surface area contributed by atoms with E-state index in [9.17, 15) is 9.59 Å². The van der Waals surface area contributed by atoms with Gasteiger partial charge in [0, 0.05) is 43.1 Å². The van der Waals surface area contributed by atoms with Gasteiger partial charge < -0.3 is 16.4 Å². The summed E-state index contributed by atoms with van der Waals surface area (Å²) in [5.74, 6) is 0.902. The first-order valence-corrected chi connectivity index (χ1v) is 14.0. The standard InChI is InChI=1S/C31H36N8O2/c1-5-21-13-33-28(34-14-21)25(24-9-6-18(2)12-19(24)3)17-36-29-31(41)39-23(16-35-29)8-10-26(39)30(40)37-15-22-7-11-27(32)38-20(22)4/h6-7,9,11-14,16,25-26H,5,8,10,15,17H2,1-4H3,(H2,32,38)(H,35,36)(H,37,40)/t25-,26+/m1/s1. The average Bonchev–Trinajstić information content (AvgIpc) is 3.40. The van der Waals surface area contributed by atoms with Crippen LogP contribution >= 0.6 is 0 Å². The average molecular weight is 553 g/mol. The molecule has 0 aliphatic carbocycles. The first-order chi connectivity index (χ1) is 19.7. The first kappa shape index (κ1) is 27.9. The summed E-state index contributed by atoms with van der Waals surface area (Å²) in [6, 6.07) is 9.25. The Morgan fingerprint density at radius 2 is 1.88 bits per heavy atom. The Hall–Kier alpha value is -4.60. The van der Waals surface area contributed by atoms with Crippen molar-refractivity contribution in [2.24, 2.45) is 0 Å². The number of fused-ring (bicyclic) bond motifs is 1. The molecule has 0 bridgehead atoms. The zero-order chi connectivity index (χ0) is 29.1. The number of carbonyl (C=O) groups excluding carboxylic acids is 1. The van der Waals surface area contributed by atoms with E-state index in [1.54, 1.807) is 16.8 Å². The number of hydrogen-bond acceptors (Lipinski definition) is 8. The van der Waals surface area contributed by atoms with E-state index in [2.05, 4.69) is 69.5 Å². The maximum atomic E-state index is 13.6. The lowest BCUT2D eigenvalue weighted by molar-refractivity contribution is -0.124. The summed E-state index contributed by atoms with van der Waals surface area (Å²) in [5, 5.41) is 6.23. The van der Waals surface area contributed by atoms with Gasteiger partial charge >= 0.3 is 0 Å². The number of nitrogens with one attached hydrogen (secondary N) is 2. The second kappa shape index (κ2) is 11.9. The molecule has 0 unspecified atom stereocenters. The lowest BCUT2D eigenvalue weighted by Gasteiger charge is -2.20. The maximum Gasteiger partial charge on any atom is 0.294 e. The minimum absolute atomic E-state index is 0.197. The molecule has 10 heteroatoms. The summed E-state index contributed by atoms with van der Waals surface area (Å²) in [5.41, 5.74) is 12.3. The molecule has 0 spiro atoms. The summed E-state index contributed by atoms with van der Waals surface area (Å²) in [4.78, 5) is 44.8. The van der Waals surface area contributed by atoms with E-state index in [0.717, 1.165) is 40.1 Å². The topological polar surface area (TPSA) is 141 Å². The van der Waals surface area contributed by atoms with Crippen LogP contribution in [0, 0.1) is 20.8 Å². The molecule has 1 aliphatic rings. The Morgan fingerprint density at radius 3 is 2.59 bits per heavy atom. The van der Waals surface area contributed by atoms with Gasteiger partial charge in [0.15, 0.2) is 5.82 Å². The number of anilines is 2. The molecule has 4 N–H and O–H groups in total. The predicted molar refractivity (Wildman–Crippen MR) is 159 cm³/mol. The highest BCUT2D eigenvalue weighted by atomic mass is 16.2. The van der Waals surface area contributed by atoms with Gasteiger partial charge in [-0.3, -0.25) is 14.2 Å². The van der Waals surface area contributed by atoms with Crippen LogP contribution in [-0.2, 0) is 24.2 Å². The monoisotopic (exact) mass is 552 g/mol. The van der Waals surface area contributed by atoms with E-state index < -0.39 is 6.04 Å². The van der Waals surface area contributed by atoms with E-state index in [0.29, 0.717) is 37.6 Å². The van der Waals surface area contributed by atoms with E-state index >= 15 is 0 Å². The zero-order valence-corrected chi connectivity index (χ0v) is 23.9. The van der Waals surface area contributed by atoms with Crippen molar-refractivity contribution in [3.8, 4) is 0 Å². The molecular weight excluding hydrogens is 516 g/mol. The van der Waals surface area contributed by atoms with Crippen molar-refractivity contribution in [3.63, 3.8) is 0 Å². The molecule has 1 amide bonds. The van der Waals surface area contributed by atoms with Crippen molar-refractivity contribution in [2.75, 3.05) is 17.6 Å². The van der Waals surface area contributed by atoms with Gasteiger partial charge in [0.1, 0.15) is 17.7 Å². The Bertz CT molecular complexity index is 1630. The number of aromatic nitrogens is 5. The number of rotatable bonds is 9. The summed E-state index contributed by atoms with van der Waals surface area (Å²) < 4.78 is 1.57. The van der Waals surface area contributed by atoms with Crippen molar-refractivity contribution >= 4 is 17.5 Å². The molecule has 1 aliphatic heterocycles. The SMILES string of the molecule is CCc1cnc([C@H](CNc2ncc3n(c2=O)[C@H](C(=O)NCc2ccc(N)nc2C)CC3)c2ccc(C)cc2C)nc1. The fourth-order valence-electron chi connectivity index (χ4n) is 5.39. The first-order valence-electron chi connectivity index (χ1n) is 14.0. The predicted octanol–water partition coefficient (Wildman–Crippen LogP) is 3.55. The van der Waals surface area contributed by atoms with E-state index in [-0.39, 0.29) is 23.2 Å². The number of aryl methyl sites for hydroxylation is 5. The lowest BCUT2D eigenvalue weighted by Crippen LogP contribution is -2.36. The fourth-order valence-corrected chi connectivity index (χ4v) is 5.39. The Morgan fingerprint density at radius 1 is 1.10 bits per heavy atom. The van der Waals surface area contributed by atoms with Crippen LogP contribution in [0.4, 0.5) is 11.6 Å². The zero-order valence-electron chi connectivity index (χ0n) is 23.9. The number of nitrogens with zero attached hydrogens (tertiary/aromatic N) is 5. The maximum absolute atomic E-state index is 13.6. The van der Waals surface area contributed by atoms with E-state index in [1.165, 1.54) is 5.56 Å². The molecule has 0 fully saturated rings. The number of nitrogens with two attached hydrogens (primary N) is 1. The Kier molecular flexibility index (Phi) is 8.09. The summed E-state index contributed by atoms with van der Waals surface area (Å²) in [7, 11) is 0. The highest BCUT2D eigenvalue weighted by Gasteiger charge is 2.31. The van der Waals surface area contributed by atoms with E-state index in [1.807, 2.05) is 25.4 Å². The highest BCUT2D eigenvalue weighted by molar-refractivity contribution is 5.81. The van der Waals surface area contributed by atoms with Crippen LogP contribution in [0.2, 0.25) is 0 Å². The third kappa shape index (κ3) is 5.96. The number of carbonyl (C=O) groups is 1. The molecule has 41 heavy (non-hydrogen) atoms. The van der Waals surface area contributed by atoms with Gasteiger partial charge in [0.05, 0.1) is 5.92 Å². The van der Waals surface area contributed by atoms with Crippen molar-refractivity contribution in [1.82, 2.24) is 29.8 Å². The molecule has 4 aromatic rings. The molecule has 1 aromatic carbocycles. The second-order valence-electron chi connectivity index (χ2n) is 10.6. The van der Waals surface area contributed by atoms with Crippen molar-refractivity contribution in [1.29, 1.82) is 0 Å². The fraction of sp³-hybridized carbons (Fsp3) is 0.355. The lowest BCUT2D eigenvalue weighted by atomic mass is 9.92. The van der Waals surface area contributed by atoms with Crippen molar-refractivity contribution in [2.45, 2.75) is 65.5 Å². The van der Waals surface area contributed by atoms with Crippen LogP contribution in [0.5, 0.6) is 0 Å². The molecule has 0 saturated heterocycles. The van der Waals surface area contributed by atoms with Gasteiger partial charge in [-0.2, -0.15) is 0 Å². The summed E-state index contributed by atoms with van der Waals surface area (Å²) >= 11 is 0. The molecule has 2 atom stereocenters. The number of pyridine rings is 1. The molecule has 0 saturated carbocycles. The number of nitrogen functional groups attached to an aromatic ring is 1. The largest absolute Gasteiger partial charge is 0.384 e.